The molecule has 0 aliphatic rings. The summed E-state index contributed by atoms with van der Waals surface area (Å²) in [4.78, 5) is 2.31. The second kappa shape index (κ2) is 10.3. The first kappa shape index (κ1) is 25.4. The predicted octanol–water partition coefficient (Wildman–Crippen LogP) is 11.8. The third-order valence-corrected chi connectivity index (χ3v) is 8.80. The maximum Gasteiger partial charge on any atom is 0.135 e. The summed E-state index contributed by atoms with van der Waals surface area (Å²) in [7, 11) is 0. The van der Waals surface area contributed by atoms with Gasteiger partial charge < -0.3 is 13.9 Å². The topological polar surface area (TPSA) is 21.3 Å². The minimum atomic E-state index is 0.913. The van der Waals surface area contributed by atoms with Crippen LogP contribution in [0.15, 0.2) is 174 Å². The molecule has 3 nitrogen and oxygen atoms in total. The fourth-order valence-electron chi connectivity index (χ4n) is 6.68. The van der Waals surface area contributed by atoms with E-state index in [0.717, 1.165) is 44.7 Å². The Morgan fingerprint density at radius 2 is 0.889 bits per heavy atom. The molecule has 2 aromatic heterocycles. The molecule has 0 unspecified atom stereocenters. The standard InChI is InChI=1S/C42H28N2O/c1-2-10-31(11-3-1)43(32-21-18-29(19-22-32)30-20-27-42-38(28-30)37-14-6-9-17-41(37)45-42)33-23-25-34(26-24-33)44-39-15-7-4-12-35(39)36-13-5-8-16-40(36)44/h1-28H. The van der Waals surface area contributed by atoms with Gasteiger partial charge in [-0.25, -0.2) is 0 Å². The summed E-state index contributed by atoms with van der Waals surface area (Å²) in [5.41, 5.74) is 11.0. The van der Waals surface area contributed by atoms with Crippen molar-refractivity contribution in [1.82, 2.24) is 4.57 Å². The molecule has 0 saturated heterocycles. The van der Waals surface area contributed by atoms with Crippen LogP contribution in [0.5, 0.6) is 0 Å². The SMILES string of the molecule is c1ccc(N(c2ccc(-c3ccc4oc5ccccc5c4c3)cc2)c2ccc(-n3c4ccccc4c4ccccc43)cc2)cc1. The largest absolute Gasteiger partial charge is 0.456 e. The Bertz CT molecular complexity index is 2420. The fourth-order valence-corrected chi connectivity index (χ4v) is 6.68. The second-order valence-electron chi connectivity index (χ2n) is 11.4. The minimum absolute atomic E-state index is 0.913. The van der Waals surface area contributed by atoms with E-state index >= 15 is 0 Å². The van der Waals surface area contributed by atoms with Crippen LogP contribution in [0.25, 0.3) is 60.6 Å². The molecule has 0 amide bonds. The molecule has 0 N–H and O–H groups in total. The summed E-state index contributed by atoms with van der Waals surface area (Å²) in [6.45, 7) is 0. The number of fused-ring (bicyclic) bond motifs is 6. The van der Waals surface area contributed by atoms with Crippen LogP contribution in [-0.2, 0) is 0 Å². The first-order valence-electron chi connectivity index (χ1n) is 15.3. The second-order valence-corrected chi connectivity index (χ2v) is 11.4. The highest BCUT2D eigenvalue weighted by atomic mass is 16.3. The number of benzene rings is 7. The molecule has 9 rings (SSSR count). The Morgan fingerprint density at radius 3 is 1.58 bits per heavy atom. The van der Waals surface area contributed by atoms with Gasteiger partial charge in [0, 0.05) is 44.3 Å². The van der Waals surface area contributed by atoms with Gasteiger partial charge in [-0.15, -0.1) is 0 Å². The van der Waals surface area contributed by atoms with Crippen LogP contribution < -0.4 is 4.90 Å². The van der Waals surface area contributed by atoms with Gasteiger partial charge in [-0.2, -0.15) is 0 Å². The smallest absolute Gasteiger partial charge is 0.135 e. The number of furan rings is 1. The molecule has 0 spiro atoms. The molecule has 0 radical (unpaired) electrons. The van der Waals surface area contributed by atoms with Crippen molar-refractivity contribution >= 4 is 60.8 Å². The molecule has 7 aromatic carbocycles. The normalized spacial score (nSPS) is 11.6. The Hall–Kier alpha value is -6.06. The van der Waals surface area contributed by atoms with Crippen molar-refractivity contribution in [2.75, 3.05) is 4.90 Å². The third kappa shape index (κ3) is 4.21. The van der Waals surface area contributed by atoms with Crippen molar-refractivity contribution in [2.24, 2.45) is 0 Å². The molecule has 0 saturated carbocycles. The number of hydrogen-bond acceptors (Lipinski definition) is 2. The lowest BCUT2D eigenvalue weighted by Gasteiger charge is -2.26. The van der Waals surface area contributed by atoms with Crippen LogP contribution >= 0.6 is 0 Å². The first-order chi connectivity index (χ1) is 22.3. The summed E-state index contributed by atoms with van der Waals surface area (Å²) < 4.78 is 8.42. The van der Waals surface area contributed by atoms with E-state index in [1.807, 2.05) is 12.1 Å². The molecule has 0 aliphatic heterocycles. The lowest BCUT2D eigenvalue weighted by Crippen LogP contribution is -2.10. The van der Waals surface area contributed by atoms with Crippen molar-refractivity contribution in [2.45, 2.75) is 0 Å². The minimum Gasteiger partial charge on any atom is -0.456 e. The quantitative estimate of drug-likeness (QED) is 0.203. The maximum atomic E-state index is 6.06. The van der Waals surface area contributed by atoms with Gasteiger partial charge in [0.2, 0.25) is 0 Å². The number of hydrogen-bond donors (Lipinski definition) is 0. The van der Waals surface area contributed by atoms with Gasteiger partial charge in [-0.3, -0.25) is 0 Å². The number of para-hydroxylation sites is 4. The van der Waals surface area contributed by atoms with Gasteiger partial charge in [0.05, 0.1) is 11.0 Å². The van der Waals surface area contributed by atoms with Crippen LogP contribution in [-0.4, -0.2) is 4.57 Å². The predicted molar refractivity (Wildman–Crippen MR) is 188 cm³/mol. The van der Waals surface area contributed by atoms with Crippen LogP contribution in [0, 0.1) is 0 Å². The summed E-state index contributed by atoms with van der Waals surface area (Å²) >= 11 is 0. The molecular weight excluding hydrogens is 548 g/mol. The monoisotopic (exact) mass is 576 g/mol. The molecule has 9 aromatic rings. The molecule has 212 valence electrons. The van der Waals surface area contributed by atoms with Gasteiger partial charge in [-0.1, -0.05) is 91.0 Å². The number of anilines is 3. The lowest BCUT2D eigenvalue weighted by atomic mass is 10.0. The average Bonchev–Trinajstić information content (AvgIpc) is 3.65. The highest BCUT2D eigenvalue weighted by Gasteiger charge is 2.15. The van der Waals surface area contributed by atoms with Crippen LogP contribution in [0.2, 0.25) is 0 Å². The maximum absolute atomic E-state index is 6.06. The van der Waals surface area contributed by atoms with Gasteiger partial charge in [-0.05, 0) is 90.0 Å². The number of rotatable bonds is 5. The van der Waals surface area contributed by atoms with E-state index < -0.39 is 0 Å². The van der Waals surface area contributed by atoms with Gasteiger partial charge in [0.15, 0.2) is 0 Å². The van der Waals surface area contributed by atoms with E-state index in [1.54, 1.807) is 0 Å². The molecule has 0 atom stereocenters. The van der Waals surface area contributed by atoms with Gasteiger partial charge in [0.1, 0.15) is 11.2 Å². The van der Waals surface area contributed by atoms with E-state index in [1.165, 1.54) is 32.9 Å². The average molecular weight is 577 g/mol. The summed E-state index contributed by atoms with van der Waals surface area (Å²) in [6.07, 6.45) is 0. The highest BCUT2D eigenvalue weighted by Crippen LogP contribution is 2.38. The Labute approximate surface area is 260 Å². The number of nitrogens with zero attached hydrogens (tertiary/aromatic N) is 2. The number of aromatic nitrogens is 1. The molecule has 2 heterocycles. The van der Waals surface area contributed by atoms with Crippen LogP contribution in [0.4, 0.5) is 17.1 Å². The van der Waals surface area contributed by atoms with Crippen molar-refractivity contribution in [3.05, 3.63) is 170 Å². The zero-order valence-corrected chi connectivity index (χ0v) is 24.5. The van der Waals surface area contributed by atoms with Gasteiger partial charge >= 0.3 is 0 Å². The van der Waals surface area contributed by atoms with Crippen molar-refractivity contribution in [3.63, 3.8) is 0 Å². The Kier molecular flexibility index (Phi) is 5.82. The summed E-state index contributed by atoms with van der Waals surface area (Å²) in [5, 5.41) is 4.82. The van der Waals surface area contributed by atoms with E-state index in [9.17, 15) is 0 Å². The van der Waals surface area contributed by atoms with E-state index in [-0.39, 0.29) is 0 Å². The van der Waals surface area contributed by atoms with Crippen molar-refractivity contribution < 1.29 is 4.42 Å². The highest BCUT2D eigenvalue weighted by molar-refractivity contribution is 6.09. The van der Waals surface area contributed by atoms with E-state index in [4.69, 9.17) is 4.42 Å². The Balaban J connectivity index is 1.11. The Morgan fingerprint density at radius 1 is 0.378 bits per heavy atom. The summed E-state index contributed by atoms with van der Waals surface area (Å²) in [6, 6.07) is 60.2. The molecule has 0 aliphatic carbocycles. The fraction of sp³-hybridized carbons (Fsp3) is 0. The molecule has 0 bridgehead atoms. The molecular formula is C42H28N2O. The van der Waals surface area contributed by atoms with Gasteiger partial charge in [0.25, 0.3) is 0 Å². The third-order valence-electron chi connectivity index (χ3n) is 8.80. The van der Waals surface area contributed by atoms with Crippen molar-refractivity contribution in [1.29, 1.82) is 0 Å². The van der Waals surface area contributed by atoms with E-state index in [0.29, 0.717) is 0 Å². The zero-order valence-electron chi connectivity index (χ0n) is 24.5. The van der Waals surface area contributed by atoms with Crippen LogP contribution in [0.1, 0.15) is 0 Å². The molecule has 3 heteroatoms. The van der Waals surface area contributed by atoms with Crippen LogP contribution in [0.3, 0.4) is 0 Å². The molecule has 45 heavy (non-hydrogen) atoms. The van der Waals surface area contributed by atoms with Crippen molar-refractivity contribution in [3.8, 4) is 16.8 Å². The lowest BCUT2D eigenvalue weighted by molar-refractivity contribution is 0.669. The van der Waals surface area contributed by atoms with E-state index in [2.05, 4.69) is 167 Å². The summed E-state index contributed by atoms with van der Waals surface area (Å²) in [5.74, 6) is 0. The zero-order chi connectivity index (χ0) is 29.7. The first-order valence-corrected chi connectivity index (χ1v) is 15.3. The molecule has 0 fully saturated rings.